The quantitative estimate of drug-likeness (QED) is 0.920. The van der Waals surface area contributed by atoms with Gasteiger partial charge in [-0.2, -0.15) is 5.10 Å². The van der Waals surface area contributed by atoms with Crippen LogP contribution in [-0.4, -0.2) is 22.2 Å². The van der Waals surface area contributed by atoms with Crippen molar-refractivity contribution in [2.45, 2.75) is 20.3 Å². The van der Waals surface area contributed by atoms with Crippen LogP contribution in [0.5, 0.6) is 0 Å². The molecule has 0 saturated heterocycles. The molecule has 1 aromatic carbocycles. The molecule has 1 aromatic heterocycles. The van der Waals surface area contributed by atoms with Crippen molar-refractivity contribution in [2.24, 2.45) is 0 Å². The summed E-state index contributed by atoms with van der Waals surface area (Å²) in [6.45, 7) is 4.26. The Morgan fingerprint density at radius 1 is 1.30 bits per heavy atom. The lowest BCUT2D eigenvalue weighted by Crippen LogP contribution is -2.32. The Morgan fingerprint density at radius 3 is 2.65 bits per heavy atom. The lowest BCUT2D eigenvalue weighted by atomic mass is 10.2. The summed E-state index contributed by atoms with van der Waals surface area (Å²) in [5.41, 5.74) is 1.07. The predicted molar refractivity (Wildman–Crippen MR) is 77.2 cm³/mol. The van der Waals surface area contributed by atoms with Crippen molar-refractivity contribution in [1.82, 2.24) is 15.1 Å². The molecule has 0 spiro atoms. The molecule has 1 amide bonds. The first-order chi connectivity index (χ1) is 9.63. The molecule has 20 heavy (non-hydrogen) atoms. The van der Waals surface area contributed by atoms with E-state index in [2.05, 4.69) is 10.4 Å². The number of carbonyl (C=O) groups excluding carboxylic acids is 1. The van der Waals surface area contributed by atoms with Gasteiger partial charge in [0.1, 0.15) is 0 Å². The highest BCUT2D eigenvalue weighted by Crippen LogP contribution is 2.07. The van der Waals surface area contributed by atoms with E-state index in [1.54, 1.807) is 11.6 Å². The van der Waals surface area contributed by atoms with Crippen LogP contribution >= 0.6 is 0 Å². The van der Waals surface area contributed by atoms with Gasteiger partial charge in [0.25, 0.3) is 5.91 Å². The molecule has 1 N–H and O–H groups in total. The molecule has 0 fully saturated rings. The summed E-state index contributed by atoms with van der Waals surface area (Å²) in [5, 5.41) is 6.86. The third-order valence-corrected chi connectivity index (χ3v) is 2.86. The average molecular weight is 271 g/mol. The number of aromatic nitrogens is 2. The number of amides is 1. The molecule has 1 heterocycles. The van der Waals surface area contributed by atoms with Gasteiger partial charge in [-0.3, -0.25) is 9.59 Å². The van der Waals surface area contributed by atoms with Crippen molar-refractivity contribution in [3.63, 3.8) is 0 Å². The third kappa shape index (κ3) is 2.93. The van der Waals surface area contributed by atoms with Crippen molar-refractivity contribution in [2.75, 3.05) is 6.54 Å². The van der Waals surface area contributed by atoms with Crippen molar-refractivity contribution in [3.8, 4) is 5.69 Å². The van der Waals surface area contributed by atoms with Crippen LogP contribution in [0, 0.1) is 6.92 Å². The molecular weight excluding hydrogens is 254 g/mol. The Hall–Kier alpha value is -2.43. The lowest BCUT2D eigenvalue weighted by molar-refractivity contribution is 0.0945. The monoisotopic (exact) mass is 271 g/mol. The van der Waals surface area contributed by atoms with Crippen LogP contribution in [0.25, 0.3) is 5.69 Å². The van der Waals surface area contributed by atoms with Crippen LogP contribution in [0.3, 0.4) is 0 Å². The van der Waals surface area contributed by atoms with Crippen LogP contribution in [0.15, 0.2) is 41.2 Å². The third-order valence-electron chi connectivity index (χ3n) is 2.86. The number of benzene rings is 1. The maximum Gasteiger partial charge on any atom is 0.275 e. The Morgan fingerprint density at radius 2 is 2.00 bits per heavy atom. The number of nitrogens with zero attached hydrogens (tertiary/aromatic N) is 2. The summed E-state index contributed by atoms with van der Waals surface area (Å²) >= 11 is 0. The Balaban J connectivity index is 2.45. The normalized spacial score (nSPS) is 10.3. The smallest absolute Gasteiger partial charge is 0.275 e. The minimum Gasteiger partial charge on any atom is -0.351 e. The summed E-state index contributed by atoms with van der Waals surface area (Å²) in [5.74, 6) is -0.429. The van der Waals surface area contributed by atoms with Gasteiger partial charge in [-0.1, -0.05) is 25.1 Å². The van der Waals surface area contributed by atoms with E-state index in [4.69, 9.17) is 0 Å². The molecule has 0 atom stereocenters. The molecule has 5 heteroatoms. The van der Waals surface area contributed by atoms with Gasteiger partial charge < -0.3 is 5.32 Å². The van der Waals surface area contributed by atoms with Gasteiger partial charge in [-0.25, -0.2) is 4.68 Å². The van der Waals surface area contributed by atoms with Crippen LogP contribution in [-0.2, 0) is 0 Å². The standard InChI is InChI=1S/C15H17N3O2/c1-3-9-16-15(20)14-13(19)10-11(2)18(17-14)12-7-5-4-6-8-12/h4-8,10H,3,9H2,1-2H3,(H,16,20). The molecule has 0 aliphatic heterocycles. The second-order valence-electron chi connectivity index (χ2n) is 4.50. The Bertz CT molecular complexity index is 663. The van der Waals surface area contributed by atoms with Crippen LogP contribution in [0.4, 0.5) is 0 Å². The second-order valence-corrected chi connectivity index (χ2v) is 4.50. The fraction of sp³-hybridized carbons (Fsp3) is 0.267. The SMILES string of the molecule is CCCNC(=O)c1nn(-c2ccccc2)c(C)cc1=O. The van der Waals surface area contributed by atoms with E-state index in [1.165, 1.54) is 6.07 Å². The molecule has 0 unspecified atom stereocenters. The average Bonchev–Trinajstić information content (AvgIpc) is 2.46. The van der Waals surface area contributed by atoms with E-state index in [-0.39, 0.29) is 11.1 Å². The van der Waals surface area contributed by atoms with Crippen LogP contribution in [0.1, 0.15) is 29.5 Å². The first-order valence-corrected chi connectivity index (χ1v) is 6.58. The number of rotatable bonds is 4. The number of aryl methyl sites for hydroxylation is 1. The lowest BCUT2D eigenvalue weighted by Gasteiger charge is -2.11. The molecule has 0 aliphatic rings. The molecular formula is C15H17N3O2. The first-order valence-electron chi connectivity index (χ1n) is 6.58. The summed E-state index contributed by atoms with van der Waals surface area (Å²) < 4.78 is 1.60. The van der Waals surface area contributed by atoms with Gasteiger partial charge in [0, 0.05) is 18.3 Å². The van der Waals surface area contributed by atoms with E-state index in [9.17, 15) is 9.59 Å². The highest BCUT2D eigenvalue weighted by atomic mass is 16.2. The molecule has 0 radical (unpaired) electrons. The summed E-state index contributed by atoms with van der Waals surface area (Å²) in [6, 6.07) is 10.8. The summed E-state index contributed by atoms with van der Waals surface area (Å²) in [4.78, 5) is 23.8. The zero-order chi connectivity index (χ0) is 14.5. The fourth-order valence-corrected chi connectivity index (χ4v) is 1.86. The minimum atomic E-state index is -0.429. The van der Waals surface area contributed by atoms with Crippen molar-refractivity contribution in [1.29, 1.82) is 0 Å². The maximum absolute atomic E-state index is 11.9. The molecule has 2 rings (SSSR count). The summed E-state index contributed by atoms with van der Waals surface area (Å²) in [7, 11) is 0. The van der Waals surface area contributed by atoms with Gasteiger partial charge in [-0.05, 0) is 25.5 Å². The van der Waals surface area contributed by atoms with E-state index < -0.39 is 5.91 Å². The first kappa shape index (κ1) is 14.0. The van der Waals surface area contributed by atoms with E-state index in [0.717, 1.165) is 12.1 Å². The minimum absolute atomic E-state index is 0.0760. The molecule has 0 saturated carbocycles. The zero-order valence-electron chi connectivity index (χ0n) is 11.6. The maximum atomic E-state index is 11.9. The van der Waals surface area contributed by atoms with Crippen LogP contribution < -0.4 is 10.7 Å². The number of nitrogens with one attached hydrogen (secondary N) is 1. The largest absolute Gasteiger partial charge is 0.351 e. The fourth-order valence-electron chi connectivity index (χ4n) is 1.86. The molecule has 2 aromatic rings. The number of carbonyl (C=O) groups is 1. The highest BCUT2D eigenvalue weighted by Gasteiger charge is 2.14. The van der Waals surface area contributed by atoms with E-state index >= 15 is 0 Å². The van der Waals surface area contributed by atoms with Gasteiger partial charge in [0.2, 0.25) is 5.43 Å². The van der Waals surface area contributed by atoms with Gasteiger partial charge in [-0.15, -0.1) is 0 Å². The summed E-state index contributed by atoms with van der Waals surface area (Å²) in [6.07, 6.45) is 0.810. The van der Waals surface area contributed by atoms with Gasteiger partial charge in [0.15, 0.2) is 5.69 Å². The van der Waals surface area contributed by atoms with Crippen molar-refractivity contribution in [3.05, 3.63) is 58.0 Å². The molecule has 0 bridgehead atoms. The van der Waals surface area contributed by atoms with Gasteiger partial charge in [0.05, 0.1) is 5.69 Å². The predicted octanol–water partition coefficient (Wildman–Crippen LogP) is 1.68. The highest BCUT2D eigenvalue weighted by molar-refractivity contribution is 5.91. The van der Waals surface area contributed by atoms with Crippen LogP contribution in [0.2, 0.25) is 0 Å². The van der Waals surface area contributed by atoms with Gasteiger partial charge >= 0.3 is 0 Å². The molecule has 0 aliphatic carbocycles. The number of para-hydroxylation sites is 1. The Labute approximate surface area is 117 Å². The topological polar surface area (TPSA) is 64.0 Å². The molecule has 104 valence electrons. The van der Waals surface area contributed by atoms with E-state index in [1.807, 2.05) is 37.3 Å². The molecule has 5 nitrogen and oxygen atoms in total. The second kappa shape index (κ2) is 6.14. The zero-order valence-corrected chi connectivity index (χ0v) is 11.6. The van der Waals surface area contributed by atoms with Crippen molar-refractivity contribution < 1.29 is 4.79 Å². The number of hydrogen-bond donors (Lipinski definition) is 1. The van der Waals surface area contributed by atoms with Crippen molar-refractivity contribution >= 4 is 5.91 Å². The number of hydrogen-bond acceptors (Lipinski definition) is 3. The van der Waals surface area contributed by atoms with E-state index in [0.29, 0.717) is 12.2 Å². The Kier molecular flexibility index (Phi) is 4.30.